The quantitative estimate of drug-likeness (QED) is 0.559. The number of fused-ring (bicyclic) bond motifs is 2. The Balaban J connectivity index is 2.19. The van der Waals surface area contributed by atoms with E-state index in [0.29, 0.717) is 6.04 Å². The molecule has 0 unspecified atom stereocenters. The Morgan fingerprint density at radius 3 is 2.82 bits per heavy atom. The van der Waals surface area contributed by atoms with Crippen LogP contribution in [0.25, 0.3) is 0 Å². The van der Waals surface area contributed by atoms with Crippen LogP contribution in [-0.2, 0) is 0 Å². The Kier molecular flexibility index (Phi) is 0.962. The molecule has 0 spiro atoms. The Morgan fingerprint density at radius 1 is 1.27 bits per heavy atom. The molecule has 0 aromatic carbocycles. The highest BCUT2D eigenvalue weighted by Crippen LogP contribution is 2.43. The molecule has 3 heteroatoms. The Bertz CT molecular complexity index is 244. The summed E-state index contributed by atoms with van der Waals surface area (Å²) in [7, 11) is 0. The summed E-state index contributed by atoms with van der Waals surface area (Å²) in [6.07, 6.45) is 7.01. The molecular formula is C8H11N3. The van der Waals surface area contributed by atoms with Gasteiger partial charge < -0.3 is 0 Å². The zero-order valence-corrected chi connectivity index (χ0v) is 6.40. The standard InChI is InChI=1S/C8H11N3/c1-3-7-4-2-6(1)8-9-5-10-11(7)8/h5-7H,1-4H2. The molecule has 2 bridgehead atoms. The molecule has 0 atom stereocenters. The van der Waals surface area contributed by atoms with Gasteiger partial charge in [0.2, 0.25) is 0 Å². The average Bonchev–Trinajstić information content (AvgIpc) is 2.55. The lowest BCUT2D eigenvalue weighted by atomic mass is 9.82. The van der Waals surface area contributed by atoms with Crippen molar-refractivity contribution in [3.8, 4) is 0 Å². The zero-order chi connectivity index (χ0) is 7.26. The number of rotatable bonds is 0. The highest BCUT2D eigenvalue weighted by atomic mass is 15.4. The van der Waals surface area contributed by atoms with Crippen molar-refractivity contribution >= 4 is 0 Å². The molecule has 11 heavy (non-hydrogen) atoms. The van der Waals surface area contributed by atoms with Gasteiger partial charge in [0.05, 0.1) is 6.04 Å². The predicted molar refractivity (Wildman–Crippen MR) is 40.3 cm³/mol. The topological polar surface area (TPSA) is 30.7 Å². The molecule has 0 saturated heterocycles. The van der Waals surface area contributed by atoms with Crippen molar-refractivity contribution in [2.75, 3.05) is 0 Å². The number of hydrogen-bond donors (Lipinski definition) is 0. The van der Waals surface area contributed by atoms with Crippen molar-refractivity contribution in [3.05, 3.63) is 12.2 Å². The van der Waals surface area contributed by atoms with Crippen LogP contribution >= 0.6 is 0 Å². The average molecular weight is 149 g/mol. The summed E-state index contributed by atoms with van der Waals surface area (Å²) >= 11 is 0. The predicted octanol–water partition coefficient (Wildman–Crippen LogP) is 1.49. The van der Waals surface area contributed by atoms with Crippen LogP contribution in [0.1, 0.15) is 43.5 Å². The molecule has 1 fully saturated rings. The fourth-order valence-corrected chi connectivity index (χ4v) is 2.41. The van der Waals surface area contributed by atoms with Gasteiger partial charge in [0.15, 0.2) is 0 Å². The van der Waals surface area contributed by atoms with Gasteiger partial charge in [0.25, 0.3) is 0 Å². The maximum absolute atomic E-state index is 4.29. The Labute approximate surface area is 65.4 Å². The first kappa shape index (κ1) is 5.75. The lowest BCUT2D eigenvalue weighted by Crippen LogP contribution is -2.28. The van der Waals surface area contributed by atoms with Gasteiger partial charge in [-0.3, -0.25) is 0 Å². The molecule has 3 aliphatic rings. The van der Waals surface area contributed by atoms with Gasteiger partial charge in [-0.2, -0.15) is 5.10 Å². The highest BCUT2D eigenvalue weighted by Gasteiger charge is 2.34. The summed E-state index contributed by atoms with van der Waals surface area (Å²) in [5, 5.41) is 4.24. The van der Waals surface area contributed by atoms with Gasteiger partial charge in [-0.25, -0.2) is 9.67 Å². The van der Waals surface area contributed by atoms with Crippen LogP contribution in [0, 0.1) is 0 Å². The van der Waals surface area contributed by atoms with E-state index in [2.05, 4.69) is 14.8 Å². The van der Waals surface area contributed by atoms with E-state index in [9.17, 15) is 0 Å². The van der Waals surface area contributed by atoms with E-state index < -0.39 is 0 Å². The molecule has 1 aromatic rings. The van der Waals surface area contributed by atoms with E-state index in [0.717, 1.165) is 5.92 Å². The van der Waals surface area contributed by atoms with E-state index in [1.54, 1.807) is 6.33 Å². The van der Waals surface area contributed by atoms with Crippen molar-refractivity contribution in [1.29, 1.82) is 0 Å². The molecule has 4 rings (SSSR count). The third-order valence-corrected chi connectivity index (χ3v) is 3.01. The lowest BCUT2D eigenvalue weighted by molar-refractivity contribution is 0.234. The first-order valence-electron chi connectivity index (χ1n) is 4.34. The monoisotopic (exact) mass is 149 g/mol. The highest BCUT2D eigenvalue weighted by molar-refractivity contribution is 5.05. The molecular weight excluding hydrogens is 138 g/mol. The SMILES string of the molecule is c1nc2n(n1)C1CCC2CC1. The molecule has 3 nitrogen and oxygen atoms in total. The summed E-state index contributed by atoms with van der Waals surface area (Å²) in [4.78, 5) is 4.29. The number of nitrogens with zero attached hydrogens (tertiary/aromatic N) is 3. The van der Waals surface area contributed by atoms with Crippen molar-refractivity contribution < 1.29 is 0 Å². The van der Waals surface area contributed by atoms with Crippen molar-refractivity contribution in [2.45, 2.75) is 37.6 Å². The number of aromatic nitrogens is 3. The summed E-state index contributed by atoms with van der Waals surface area (Å²) in [5.74, 6) is 1.97. The zero-order valence-electron chi connectivity index (χ0n) is 6.40. The Morgan fingerprint density at radius 2 is 2.09 bits per heavy atom. The first-order valence-corrected chi connectivity index (χ1v) is 4.34. The van der Waals surface area contributed by atoms with Crippen LogP contribution < -0.4 is 0 Å². The first-order chi connectivity index (χ1) is 5.45. The minimum absolute atomic E-state index is 0.678. The van der Waals surface area contributed by atoms with Gasteiger partial charge in [0.1, 0.15) is 12.2 Å². The molecule has 1 aliphatic carbocycles. The van der Waals surface area contributed by atoms with Gasteiger partial charge in [-0.1, -0.05) is 0 Å². The summed E-state index contributed by atoms with van der Waals surface area (Å²) in [6.45, 7) is 0. The van der Waals surface area contributed by atoms with Gasteiger partial charge in [-0.05, 0) is 25.7 Å². The molecule has 2 aliphatic heterocycles. The second kappa shape index (κ2) is 1.84. The van der Waals surface area contributed by atoms with Gasteiger partial charge in [0, 0.05) is 5.92 Å². The van der Waals surface area contributed by atoms with Crippen LogP contribution in [0.2, 0.25) is 0 Å². The summed E-state index contributed by atoms with van der Waals surface area (Å²) in [6, 6.07) is 0.678. The van der Waals surface area contributed by atoms with E-state index >= 15 is 0 Å². The van der Waals surface area contributed by atoms with Crippen molar-refractivity contribution in [2.24, 2.45) is 0 Å². The van der Waals surface area contributed by atoms with E-state index in [-0.39, 0.29) is 0 Å². The third-order valence-electron chi connectivity index (χ3n) is 3.01. The summed E-state index contributed by atoms with van der Waals surface area (Å²) in [5.41, 5.74) is 0. The minimum atomic E-state index is 0.678. The smallest absolute Gasteiger partial charge is 0.138 e. The molecule has 1 saturated carbocycles. The lowest BCUT2D eigenvalue weighted by Gasteiger charge is -2.35. The van der Waals surface area contributed by atoms with Crippen LogP contribution in [-0.4, -0.2) is 14.8 Å². The van der Waals surface area contributed by atoms with Gasteiger partial charge >= 0.3 is 0 Å². The minimum Gasteiger partial charge on any atom is -0.247 e. The molecule has 58 valence electrons. The van der Waals surface area contributed by atoms with Crippen LogP contribution in [0.15, 0.2) is 6.33 Å². The molecule has 0 radical (unpaired) electrons. The van der Waals surface area contributed by atoms with Crippen LogP contribution in [0.5, 0.6) is 0 Å². The third kappa shape index (κ3) is 0.633. The van der Waals surface area contributed by atoms with E-state index in [4.69, 9.17) is 0 Å². The Hall–Kier alpha value is -0.860. The molecule has 0 amide bonds. The van der Waals surface area contributed by atoms with E-state index in [1.807, 2.05) is 0 Å². The van der Waals surface area contributed by atoms with Crippen LogP contribution in [0.3, 0.4) is 0 Å². The summed E-state index contributed by atoms with van der Waals surface area (Å²) < 4.78 is 2.14. The maximum Gasteiger partial charge on any atom is 0.138 e. The second-order valence-electron chi connectivity index (χ2n) is 3.57. The fraction of sp³-hybridized carbons (Fsp3) is 0.750. The molecule has 3 heterocycles. The van der Waals surface area contributed by atoms with Crippen LogP contribution in [0.4, 0.5) is 0 Å². The molecule has 1 aromatic heterocycles. The second-order valence-corrected chi connectivity index (χ2v) is 3.57. The van der Waals surface area contributed by atoms with Crippen molar-refractivity contribution in [3.63, 3.8) is 0 Å². The number of hydrogen-bond acceptors (Lipinski definition) is 2. The molecule has 0 N–H and O–H groups in total. The largest absolute Gasteiger partial charge is 0.247 e. The fourth-order valence-electron chi connectivity index (χ4n) is 2.41. The van der Waals surface area contributed by atoms with E-state index in [1.165, 1.54) is 31.5 Å². The van der Waals surface area contributed by atoms with Gasteiger partial charge in [-0.15, -0.1) is 0 Å². The normalized spacial score (nSPS) is 33.8. The van der Waals surface area contributed by atoms with Crippen molar-refractivity contribution in [1.82, 2.24) is 14.8 Å². The maximum atomic E-state index is 4.29.